The summed E-state index contributed by atoms with van der Waals surface area (Å²) in [6.07, 6.45) is 7.86. The van der Waals surface area contributed by atoms with Crippen molar-refractivity contribution in [3.63, 3.8) is 0 Å². The SMILES string of the molecule is NC(N)=NC1CCCC(C(=O)NCNC(=O)C(CC(=O)O)C2CCCCC2)C1. The van der Waals surface area contributed by atoms with Crippen LogP contribution in [0, 0.1) is 17.8 Å². The minimum absolute atomic E-state index is 0.00394. The van der Waals surface area contributed by atoms with Gasteiger partial charge in [0.1, 0.15) is 0 Å². The number of carboxylic acids is 1. The summed E-state index contributed by atoms with van der Waals surface area (Å²) in [5.41, 5.74) is 10.8. The summed E-state index contributed by atoms with van der Waals surface area (Å²) in [6, 6.07) is -0.0460. The molecule has 3 atom stereocenters. The molecule has 0 aliphatic heterocycles. The van der Waals surface area contributed by atoms with Crippen molar-refractivity contribution in [2.24, 2.45) is 34.2 Å². The van der Waals surface area contributed by atoms with Gasteiger partial charge < -0.3 is 27.2 Å². The van der Waals surface area contributed by atoms with Crippen molar-refractivity contribution in [1.82, 2.24) is 10.6 Å². The molecule has 2 aliphatic carbocycles. The molecular weight excluding hydrogens is 362 g/mol. The second kappa shape index (κ2) is 10.9. The van der Waals surface area contributed by atoms with Gasteiger partial charge in [0.2, 0.25) is 11.8 Å². The maximum absolute atomic E-state index is 12.5. The standard InChI is InChI=1S/C19H33N5O4/c20-19(21)24-14-8-4-7-13(9-14)17(27)22-11-23-18(28)15(10-16(25)26)12-5-2-1-3-6-12/h12-15H,1-11H2,(H,22,27)(H,23,28)(H,25,26)(H4,20,21,24). The van der Waals surface area contributed by atoms with Crippen LogP contribution in [0.15, 0.2) is 4.99 Å². The zero-order valence-electron chi connectivity index (χ0n) is 16.4. The second-order valence-corrected chi connectivity index (χ2v) is 7.93. The fraction of sp³-hybridized carbons (Fsp3) is 0.789. The molecule has 3 unspecified atom stereocenters. The van der Waals surface area contributed by atoms with Crippen molar-refractivity contribution < 1.29 is 19.5 Å². The van der Waals surface area contributed by atoms with Gasteiger partial charge in [-0.1, -0.05) is 25.7 Å². The number of carboxylic acid groups (broad SMARTS) is 1. The molecule has 158 valence electrons. The highest BCUT2D eigenvalue weighted by Gasteiger charge is 2.32. The molecule has 2 rings (SSSR count). The van der Waals surface area contributed by atoms with E-state index in [1.165, 1.54) is 0 Å². The average Bonchev–Trinajstić information content (AvgIpc) is 2.66. The Labute approximate surface area is 165 Å². The third-order valence-electron chi connectivity index (χ3n) is 5.82. The van der Waals surface area contributed by atoms with Crippen LogP contribution in [0.3, 0.4) is 0 Å². The van der Waals surface area contributed by atoms with Crippen LogP contribution in [0.5, 0.6) is 0 Å². The number of aliphatic carboxylic acids is 1. The molecule has 0 saturated heterocycles. The minimum atomic E-state index is -0.970. The van der Waals surface area contributed by atoms with Crippen LogP contribution in [0.4, 0.5) is 0 Å². The second-order valence-electron chi connectivity index (χ2n) is 7.93. The van der Waals surface area contributed by atoms with E-state index < -0.39 is 11.9 Å². The monoisotopic (exact) mass is 395 g/mol. The van der Waals surface area contributed by atoms with Crippen LogP contribution >= 0.6 is 0 Å². The fourth-order valence-electron chi connectivity index (χ4n) is 4.42. The van der Waals surface area contributed by atoms with Crippen LogP contribution in [0.2, 0.25) is 0 Å². The Kier molecular flexibility index (Phi) is 8.53. The highest BCUT2D eigenvalue weighted by atomic mass is 16.4. The van der Waals surface area contributed by atoms with Gasteiger partial charge in [-0.15, -0.1) is 0 Å². The molecule has 0 aromatic heterocycles. The summed E-state index contributed by atoms with van der Waals surface area (Å²) in [7, 11) is 0. The number of nitrogens with zero attached hydrogens (tertiary/aromatic N) is 1. The van der Waals surface area contributed by atoms with Crippen molar-refractivity contribution in [2.45, 2.75) is 70.3 Å². The summed E-state index contributed by atoms with van der Waals surface area (Å²) < 4.78 is 0. The number of carbonyl (C=O) groups excluding carboxylic acids is 2. The van der Waals surface area contributed by atoms with E-state index in [-0.39, 0.29) is 48.7 Å². The number of hydrogen-bond acceptors (Lipinski definition) is 4. The van der Waals surface area contributed by atoms with Gasteiger partial charge in [0, 0.05) is 5.92 Å². The largest absolute Gasteiger partial charge is 0.481 e. The van der Waals surface area contributed by atoms with E-state index in [9.17, 15) is 14.4 Å². The molecule has 0 spiro atoms. The van der Waals surface area contributed by atoms with Gasteiger partial charge in [0.15, 0.2) is 5.96 Å². The number of rotatable bonds is 8. The van der Waals surface area contributed by atoms with Crippen molar-refractivity contribution in [1.29, 1.82) is 0 Å². The molecular formula is C19H33N5O4. The van der Waals surface area contributed by atoms with Gasteiger partial charge in [-0.3, -0.25) is 19.4 Å². The lowest BCUT2D eigenvalue weighted by atomic mass is 9.78. The maximum atomic E-state index is 12.5. The lowest BCUT2D eigenvalue weighted by molar-refractivity contribution is -0.142. The number of carbonyl (C=O) groups is 3. The maximum Gasteiger partial charge on any atom is 0.304 e. The Morgan fingerprint density at radius 1 is 1.00 bits per heavy atom. The van der Waals surface area contributed by atoms with Crippen LogP contribution in [-0.2, 0) is 14.4 Å². The van der Waals surface area contributed by atoms with Crippen molar-refractivity contribution >= 4 is 23.7 Å². The van der Waals surface area contributed by atoms with E-state index in [4.69, 9.17) is 16.6 Å². The lowest BCUT2D eigenvalue weighted by Gasteiger charge is -2.29. The van der Waals surface area contributed by atoms with Crippen molar-refractivity contribution in [3.05, 3.63) is 0 Å². The topological polar surface area (TPSA) is 160 Å². The molecule has 0 bridgehead atoms. The molecule has 0 aromatic carbocycles. The predicted octanol–water partition coefficient (Wildman–Crippen LogP) is 0.680. The Hall–Kier alpha value is -2.32. The normalized spacial score (nSPS) is 24.0. The minimum Gasteiger partial charge on any atom is -0.481 e. The first-order valence-electron chi connectivity index (χ1n) is 10.2. The first-order chi connectivity index (χ1) is 13.4. The molecule has 2 saturated carbocycles. The summed E-state index contributed by atoms with van der Waals surface area (Å²) in [5, 5.41) is 14.6. The quantitative estimate of drug-likeness (QED) is 0.231. The van der Waals surface area contributed by atoms with E-state index in [0.717, 1.165) is 51.4 Å². The van der Waals surface area contributed by atoms with E-state index in [1.807, 2.05) is 0 Å². The van der Waals surface area contributed by atoms with Gasteiger partial charge in [0.25, 0.3) is 0 Å². The smallest absolute Gasteiger partial charge is 0.304 e. The Morgan fingerprint density at radius 2 is 1.71 bits per heavy atom. The van der Waals surface area contributed by atoms with Gasteiger partial charge in [-0.05, 0) is 38.0 Å². The highest BCUT2D eigenvalue weighted by molar-refractivity contribution is 5.84. The molecule has 0 radical (unpaired) electrons. The molecule has 2 fully saturated rings. The Bertz CT molecular complexity index is 585. The zero-order valence-corrected chi connectivity index (χ0v) is 16.4. The van der Waals surface area contributed by atoms with Gasteiger partial charge in [0.05, 0.1) is 25.0 Å². The molecule has 2 aliphatic rings. The van der Waals surface area contributed by atoms with Gasteiger partial charge >= 0.3 is 5.97 Å². The molecule has 9 heteroatoms. The predicted molar refractivity (Wildman–Crippen MR) is 105 cm³/mol. The Balaban J connectivity index is 1.81. The molecule has 9 nitrogen and oxygen atoms in total. The summed E-state index contributed by atoms with van der Waals surface area (Å²) in [5.74, 6) is -2.00. The summed E-state index contributed by atoms with van der Waals surface area (Å²) >= 11 is 0. The summed E-state index contributed by atoms with van der Waals surface area (Å²) in [6.45, 7) is 0.00394. The van der Waals surface area contributed by atoms with Gasteiger partial charge in [-0.2, -0.15) is 0 Å². The number of amides is 2. The molecule has 2 amide bonds. The number of nitrogens with one attached hydrogen (secondary N) is 2. The molecule has 0 aromatic rings. The van der Waals surface area contributed by atoms with Gasteiger partial charge in [-0.25, -0.2) is 0 Å². The molecule has 28 heavy (non-hydrogen) atoms. The van der Waals surface area contributed by atoms with E-state index in [2.05, 4.69) is 15.6 Å². The fourth-order valence-corrected chi connectivity index (χ4v) is 4.42. The number of nitrogens with two attached hydrogens (primary N) is 2. The first-order valence-corrected chi connectivity index (χ1v) is 10.2. The average molecular weight is 396 g/mol. The molecule has 0 heterocycles. The third kappa shape index (κ3) is 7.01. The van der Waals surface area contributed by atoms with Crippen molar-refractivity contribution in [2.75, 3.05) is 6.67 Å². The zero-order chi connectivity index (χ0) is 20.5. The number of guanidine groups is 1. The molecule has 7 N–H and O–H groups in total. The highest BCUT2D eigenvalue weighted by Crippen LogP contribution is 2.32. The van der Waals surface area contributed by atoms with E-state index in [1.54, 1.807) is 0 Å². The number of aliphatic imine (C=N–C) groups is 1. The van der Waals surface area contributed by atoms with E-state index >= 15 is 0 Å². The Morgan fingerprint density at radius 3 is 2.36 bits per heavy atom. The van der Waals surface area contributed by atoms with Crippen LogP contribution in [0.25, 0.3) is 0 Å². The van der Waals surface area contributed by atoms with E-state index in [0.29, 0.717) is 6.42 Å². The first kappa shape index (κ1) is 22.0. The summed E-state index contributed by atoms with van der Waals surface area (Å²) in [4.78, 5) is 40.3. The van der Waals surface area contributed by atoms with Crippen molar-refractivity contribution in [3.8, 4) is 0 Å². The lowest BCUT2D eigenvalue weighted by Crippen LogP contribution is -2.45. The third-order valence-corrected chi connectivity index (χ3v) is 5.82. The van der Waals surface area contributed by atoms with Crippen LogP contribution < -0.4 is 22.1 Å². The van der Waals surface area contributed by atoms with Crippen LogP contribution in [-0.4, -0.2) is 41.6 Å². The number of hydrogen-bond donors (Lipinski definition) is 5. The van der Waals surface area contributed by atoms with Crippen LogP contribution in [0.1, 0.15) is 64.2 Å².